The highest BCUT2D eigenvalue weighted by Crippen LogP contribution is 2.40. The summed E-state index contributed by atoms with van der Waals surface area (Å²) in [5, 5.41) is 11.3. The first kappa shape index (κ1) is 27.3. The molecule has 0 radical (unpaired) electrons. The van der Waals surface area contributed by atoms with Gasteiger partial charge in [0.15, 0.2) is 0 Å². The second-order valence-corrected chi connectivity index (χ2v) is 9.24. The maximum atomic E-state index is 13.3. The molecule has 1 heterocycles. The summed E-state index contributed by atoms with van der Waals surface area (Å²) < 4.78 is 5.72. The number of carbonyl (C=O) groups excluding carboxylic acids is 2. The molecule has 1 unspecified atom stereocenters. The molecule has 1 N–H and O–H groups in total. The highest BCUT2D eigenvalue weighted by molar-refractivity contribution is 6.46. The Morgan fingerprint density at radius 1 is 1.03 bits per heavy atom. The lowest BCUT2D eigenvalue weighted by Crippen LogP contribution is -2.33. The molecule has 7 heteroatoms. The molecule has 194 valence electrons. The van der Waals surface area contributed by atoms with Gasteiger partial charge in [-0.1, -0.05) is 45.0 Å². The normalized spacial score (nSPS) is 17.2. The van der Waals surface area contributed by atoms with E-state index in [1.807, 2.05) is 56.3 Å². The molecule has 0 aromatic heterocycles. The Morgan fingerprint density at radius 2 is 1.72 bits per heavy atom. The predicted octanol–water partition coefficient (Wildman–Crippen LogP) is 4.70. The first-order valence-electron chi connectivity index (χ1n) is 12.8. The average Bonchev–Trinajstić information content (AvgIpc) is 3.14. The molecular weight excluding hydrogens is 454 g/mol. The van der Waals surface area contributed by atoms with Gasteiger partial charge in [0, 0.05) is 31.9 Å². The molecule has 2 aromatic rings. The van der Waals surface area contributed by atoms with Crippen molar-refractivity contribution in [2.24, 2.45) is 0 Å². The molecule has 1 fully saturated rings. The fourth-order valence-corrected chi connectivity index (χ4v) is 4.53. The molecule has 0 spiro atoms. The average molecular weight is 494 g/mol. The van der Waals surface area contributed by atoms with Gasteiger partial charge in [0.05, 0.1) is 18.2 Å². The van der Waals surface area contributed by atoms with E-state index < -0.39 is 17.7 Å². The third-order valence-electron chi connectivity index (χ3n) is 6.61. The number of ketones is 1. The lowest BCUT2D eigenvalue weighted by atomic mass is 9.95. The molecule has 0 bridgehead atoms. The van der Waals surface area contributed by atoms with Crippen molar-refractivity contribution in [3.05, 3.63) is 65.2 Å². The number of aliphatic hydroxyl groups excluding tert-OH is 1. The van der Waals surface area contributed by atoms with Crippen LogP contribution in [0.2, 0.25) is 0 Å². The van der Waals surface area contributed by atoms with Gasteiger partial charge in [-0.05, 0) is 62.3 Å². The number of carbonyl (C=O) groups is 2. The van der Waals surface area contributed by atoms with Crippen molar-refractivity contribution in [1.82, 2.24) is 9.80 Å². The van der Waals surface area contributed by atoms with E-state index in [4.69, 9.17) is 4.74 Å². The summed E-state index contributed by atoms with van der Waals surface area (Å²) in [6, 6.07) is 14.2. The maximum Gasteiger partial charge on any atom is 0.295 e. The Morgan fingerprint density at radius 3 is 2.33 bits per heavy atom. The number of amides is 1. The van der Waals surface area contributed by atoms with Gasteiger partial charge in [-0.25, -0.2) is 0 Å². The largest absolute Gasteiger partial charge is 0.507 e. The van der Waals surface area contributed by atoms with Gasteiger partial charge < -0.3 is 24.5 Å². The van der Waals surface area contributed by atoms with Gasteiger partial charge in [-0.2, -0.15) is 0 Å². The number of rotatable bonds is 12. The molecular formula is C29H39N3O4. The highest BCUT2D eigenvalue weighted by atomic mass is 16.5. The Labute approximate surface area is 215 Å². The molecule has 1 aliphatic rings. The van der Waals surface area contributed by atoms with Crippen LogP contribution in [0.3, 0.4) is 0 Å². The van der Waals surface area contributed by atoms with Crippen LogP contribution < -0.4 is 9.64 Å². The molecule has 7 nitrogen and oxygen atoms in total. The van der Waals surface area contributed by atoms with Gasteiger partial charge in [0.25, 0.3) is 11.7 Å². The monoisotopic (exact) mass is 493 g/mol. The van der Waals surface area contributed by atoms with Crippen molar-refractivity contribution in [3.63, 3.8) is 0 Å². The van der Waals surface area contributed by atoms with Crippen molar-refractivity contribution in [1.29, 1.82) is 0 Å². The summed E-state index contributed by atoms with van der Waals surface area (Å²) in [7, 11) is 3.92. The second-order valence-electron chi connectivity index (χ2n) is 9.24. The van der Waals surface area contributed by atoms with Crippen molar-refractivity contribution in [2.75, 3.05) is 51.8 Å². The summed E-state index contributed by atoms with van der Waals surface area (Å²) in [5.41, 5.74) is 2.38. The van der Waals surface area contributed by atoms with E-state index in [1.54, 1.807) is 23.1 Å². The van der Waals surface area contributed by atoms with Crippen LogP contribution in [0, 0.1) is 0 Å². The second kappa shape index (κ2) is 12.6. The first-order chi connectivity index (χ1) is 17.3. The first-order valence-corrected chi connectivity index (χ1v) is 12.8. The SMILES string of the molecule is CCCOc1cccc(/C(O)=C2\C(=O)C(=O)N(CCCN(CC)CC)C2c2ccc(N(C)C)cc2)c1. The van der Waals surface area contributed by atoms with Gasteiger partial charge in [0.1, 0.15) is 11.5 Å². The highest BCUT2D eigenvalue weighted by Gasteiger charge is 2.45. The number of Topliss-reactive ketones (excluding diaryl/α,β-unsaturated/α-hetero) is 1. The minimum absolute atomic E-state index is 0.119. The third-order valence-corrected chi connectivity index (χ3v) is 6.61. The molecule has 36 heavy (non-hydrogen) atoms. The van der Waals surface area contributed by atoms with E-state index in [1.165, 1.54) is 0 Å². The fourth-order valence-electron chi connectivity index (χ4n) is 4.53. The number of likely N-dealkylation sites (tertiary alicyclic amines) is 1. The summed E-state index contributed by atoms with van der Waals surface area (Å²) >= 11 is 0. The van der Waals surface area contributed by atoms with Crippen LogP contribution in [0.15, 0.2) is 54.1 Å². The zero-order valence-corrected chi connectivity index (χ0v) is 22.2. The summed E-state index contributed by atoms with van der Waals surface area (Å²) in [5.74, 6) is -0.794. The van der Waals surface area contributed by atoms with Crippen molar-refractivity contribution < 1.29 is 19.4 Å². The smallest absolute Gasteiger partial charge is 0.295 e. The maximum absolute atomic E-state index is 13.3. The molecule has 3 rings (SSSR count). The van der Waals surface area contributed by atoms with Gasteiger partial charge in [-0.15, -0.1) is 0 Å². The molecule has 1 aliphatic heterocycles. The van der Waals surface area contributed by atoms with E-state index in [0.717, 1.165) is 43.7 Å². The fraction of sp³-hybridized carbons (Fsp3) is 0.448. The minimum atomic E-state index is -0.656. The Balaban J connectivity index is 2.03. The van der Waals surface area contributed by atoms with Crippen LogP contribution in [-0.2, 0) is 9.59 Å². The molecule has 2 aromatic carbocycles. The molecule has 0 aliphatic carbocycles. The van der Waals surface area contributed by atoms with Gasteiger partial charge >= 0.3 is 0 Å². The van der Waals surface area contributed by atoms with Crippen LogP contribution >= 0.6 is 0 Å². The van der Waals surface area contributed by atoms with E-state index in [2.05, 4.69) is 18.7 Å². The third kappa shape index (κ3) is 6.08. The van der Waals surface area contributed by atoms with Crippen LogP contribution in [-0.4, -0.2) is 73.5 Å². The quantitative estimate of drug-likeness (QED) is 0.263. The molecule has 1 amide bonds. The van der Waals surface area contributed by atoms with E-state index in [9.17, 15) is 14.7 Å². The summed E-state index contributed by atoms with van der Waals surface area (Å²) in [4.78, 5) is 32.4. The number of anilines is 1. The summed E-state index contributed by atoms with van der Waals surface area (Å²) in [6.45, 7) is 9.92. The van der Waals surface area contributed by atoms with E-state index in [-0.39, 0.29) is 11.3 Å². The van der Waals surface area contributed by atoms with Gasteiger partial charge in [0.2, 0.25) is 0 Å². The predicted molar refractivity (Wildman–Crippen MR) is 144 cm³/mol. The Bertz CT molecular complexity index is 1070. The zero-order chi connectivity index (χ0) is 26.2. The number of aliphatic hydroxyl groups is 1. The lowest BCUT2D eigenvalue weighted by Gasteiger charge is -2.27. The lowest BCUT2D eigenvalue weighted by molar-refractivity contribution is -0.140. The number of nitrogens with zero attached hydrogens (tertiary/aromatic N) is 3. The topological polar surface area (TPSA) is 73.3 Å². The Kier molecular flexibility index (Phi) is 9.53. The number of hydrogen-bond donors (Lipinski definition) is 1. The van der Waals surface area contributed by atoms with Crippen molar-refractivity contribution >= 4 is 23.1 Å². The summed E-state index contributed by atoms with van der Waals surface area (Å²) in [6.07, 6.45) is 1.60. The number of benzene rings is 2. The number of hydrogen-bond acceptors (Lipinski definition) is 6. The van der Waals surface area contributed by atoms with Crippen LogP contribution in [0.25, 0.3) is 5.76 Å². The standard InChI is InChI=1S/C29H39N3O4/c1-6-19-36-24-12-9-11-22(20-24)27(33)25-26(21-13-15-23(16-14-21)30(4)5)32(29(35)28(25)34)18-10-17-31(7-2)8-3/h9,11-16,20,26,33H,6-8,10,17-19H2,1-5H3/b27-25+. The molecule has 0 saturated carbocycles. The van der Waals surface area contributed by atoms with Gasteiger partial charge in [-0.3, -0.25) is 9.59 Å². The van der Waals surface area contributed by atoms with Crippen LogP contribution in [0.1, 0.15) is 50.8 Å². The molecule has 1 atom stereocenters. The van der Waals surface area contributed by atoms with E-state index >= 15 is 0 Å². The Hall–Kier alpha value is -3.32. The number of ether oxygens (including phenoxy) is 1. The van der Waals surface area contributed by atoms with E-state index in [0.29, 0.717) is 24.5 Å². The zero-order valence-electron chi connectivity index (χ0n) is 22.2. The minimum Gasteiger partial charge on any atom is -0.507 e. The molecule has 1 saturated heterocycles. The van der Waals surface area contributed by atoms with Crippen molar-refractivity contribution in [3.8, 4) is 5.75 Å². The van der Waals surface area contributed by atoms with Crippen LogP contribution in [0.5, 0.6) is 5.75 Å². The van der Waals surface area contributed by atoms with Crippen LogP contribution in [0.4, 0.5) is 5.69 Å². The van der Waals surface area contributed by atoms with Crippen molar-refractivity contribution in [2.45, 2.75) is 39.7 Å².